The lowest BCUT2D eigenvalue weighted by atomic mass is 9.99. The van der Waals surface area contributed by atoms with Crippen molar-refractivity contribution in [1.29, 1.82) is 0 Å². The number of hydrogen-bond donors (Lipinski definition) is 0. The van der Waals surface area contributed by atoms with Crippen LogP contribution in [0.5, 0.6) is 0 Å². The lowest BCUT2D eigenvalue weighted by Gasteiger charge is -2.16. The maximum Gasteiger partial charge on any atom is 0.149 e. The van der Waals surface area contributed by atoms with Crippen LogP contribution >= 0.6 is 0 Å². The molecule has 0 aromatic rings. The molecule has 0 aromatic carbocycles. The summed E-state index contributed by atoms with van der Waals surface area (Å²) in [6.07, 6.45) is 8.94. The minimum absolute atomic E-state index is 0.157. The first kappa shape index (κ1) is 4.86. The number of rotatable bonds is 1. The molecule has 0 N–H and O–H groups in total. The van der Waals surface area contributed by atoms with E-state index >= 15 is 0 Å². The van der Waals surface area contributed by atoms with Gasteiger partial charge in [0.15, 0.2) is 0 Å². The Labute approximate surface area is 54.3 Å². The molecule has 1 heteroatoms. The fraction of sp³-hybridized carbons (Fsp3) is 0.250. The molecule has 2 aliphatic rings. The highest BCUT2D eigenvalue weighted by molar-refractivity contribution is 5.35. The van der Waals surface area contributed by atoms with Gasteiger partial charge in [0.05, 0.1) is 0 Å². The summed E-state index contributed by atoms with van der Waals surface area (Å²) in [5.74, 6) is 0.995. The Morgan fingerprint density at radius 1 is 1.78 bits per heavy atom. The van der Waals surface area contributed by atoms with Crippen molar-refractivity contribution < 1.29 is 4.74 Å². The van der Waals surface area contributed by atoms with E-state index in [0.717, 1.165) is 12.2 Å². The third-order valence-corrected chi connectivity index (χ3v) is 1.81. The summed E-state index contributed by atoms with van der Waals surface area (Å²) >= 11 is 0. The number of allylic oxidation sites excluding steroid dienone is 1. The summed E-state index contributed by atoms with van der Waals surface area (Å²) in [5, 5.41) is 0. The van der Waals surface area contributed by atoms with E-state index in [1.54, 1.807) is 0 Å². The van der Waals surface area contributed by atoms with Crippen LogP contribution in [0.25, 0.3) is 0 Å². The highest BCUT2D eigenvalue weighted by Crippen LogP contribution is 2.36. The molecule has 46 valence electrons. The van der Waals surface area contributed by atoms with Gasteiger partial charge in [-0.05, 0) is 24.3 Å². The van der Waals surface area contributed by atoms with Crippen LogP contribution in [0.4, 0.5) is 0 Å². The maximum absolute atomic E-state index is 5.44. The molecule has 2 heterocycles. The normalized spacial score (nSPS) is 36.2. The van der Waals surface area contributed by atoms with E-state index in [1.807, 2.05) is 12.2 Å². The molecule has 0 saturated carbocycles. The minimum Gasteiger partial charge on any atom is -0.479 e. The summed E-state index contributed by atoms with van der Waals surface area (Å²) < 4.78 is 5.44. The Balaban J connectivity index is 2.41. The van der Waals surface area contributed by atoms with Gasteiger partial charge < -0.3 is 4.74 Å². The molecule has 1 atom stereocenters. The Bertz CT molecular complexity index is 213. The Morgan fingerprint density at radius 3 is 2.89 bits per heavy atom. The first-order valence-electron chi connectivity index (χ1n) is 3.07. The van der Waals surface area contributed by atoms with Gasteiger partial charge in [-0.1, -0.05) is 6.58 Å². The third kappa shape index (κ3) is 0.489. The zero-order chi connectivity index (χ0) is 6.32. The molecule has 2 aliphatic heterocycles. The van der Waals surface area contributed by atoms with Gasteiger partial charge in [0.2, 0.25) is 0 Å². The molecule has 0 aliphatic carbocycles. The second kappa shape index (κ2) is 1.29. The fourth-order valence-electron chi connectivity index (χ4n) is 1.18. The summed E-state index contributed by atoms with van der Waals surface area (Å²) in [5.41, 5.74) is -0.157. The van der Waals surface area contributed by atoms with E-state index in [9.17, 15) is 0 Å². The smallest absolute Gasteiger partial charge is 0.149 e. The van der Waals surface area contributed by atoms with Gasteiger partial charge in [0, 0.05) is 6.42 Å². The van der Waals surface area contributed by atoms with Crippen molar-refractivity contribution in [3.05, 3.63) is 36.6 Å². The van der Waals surface area contributed by atoms with Gasteiger partial charge >= 0.3 is 0 Å². The lowest BCUT2D eigenvalue weighted by Crippen LogP contribution is -2.18. The van der Waals surface area contributed by atoms with Crippen molar-refractivity contribution in [3.63, 3.8) is 0 Å². The molecule has 9 heavy (non-hydrogen) atoms. The maximum atomic E-state index is 5.44. The number of ether oxygens (including phenoxy) is 1. The second-order valence-electron chi connectivity index (χ2n) is 2.41. The van der Waals surface area contributed by atoms with Crippen LogP contribution < -0.4 is 0 Å². The van der Waals surface area contributed by atoms with Crippen LogP contribution in [-0.4, -0.2) is 5.60 Å². The molecule has 0 aromatic heterocycles. The van der Waals surface area contributed by atoms with Gasteiger partial charge in [-0.25, -0.2) is 0 Å². The molecule has 0 saturated heterocycles. The Hall–Kier alpha value is -0.980. The standard InChI is InChI=1S/C8H8O/c1-2-8-5-3-7(9-8)4-6-8/h2-5H,1,6H2. The van der Waals surface area contributed by atoms with Crippen molar-refractivity contribution in [2.24, 2.45) is 0 Å². The predicted molar refractivity (Wildman–Crippen MR) is 35.9 cm³/mol. The predicted octanol–water partition coefficient (Wildman–Crippen LogP) is 1.79. The van der Waals surface area contributed by atoms with E-state index in [-0.39, 0.29) is 5.60 Å². The van der Waals surface area contributed by atoms with Crippen molar-refractivity contribution in [2.75, 3.05) is 0 Å². The summed E-state index contributed by atoms with van der Waals surface area (Å²) in [7, 11) is 0. The van der Waals surface area contributed by atoms with Gasteiger partial charge in [0.1, 0.15) is 11.4 Å². The quantitative estimate of drug-likeness (QED) is 0.479. The van der Waals surface area contributed by atoms with E-state index in [4.69, 9.17) is 4.74 Å². The minimum atomic E-state index is -0.157. The monoisotopic (exact) mass is 120 g/mol. The molecule has 1 nitrogen and oxygen atoms in total. The van der Waals surface area contributed by atoms with E-state index < -0.39 is 0 Å². The Morgan fingerprint density at radius 2 is 2.67 bits per heavy atom. The topological polar surface area (TPSA) is 9.23 Å². The summed E-state index contributed by atoms with van der Waals surface area (Å²) in [4.78, 5) is 0. The van der Waals surface area contributed by atoms with Crippen LogP contribution in [-0.2, 0) is 4.74 Å². The van der Waals surface area contributed by atoms with Gasteiger partial charge in [-0.2, -0.15) is 0 Å². The SMILES string of the molecule is C=CC12C=CC(=CC1)O2. The van der Waals surface area contributed by atoms with Gasteiger partial charge in [-0.15, -0.1) is 0 Å². The van der Waals surface area contributed by atoms with Crippen LogP contribution in [0.3, 0.4) is 0 Å². The molecular formula is C8H8O. The molecule has 2 rings (SSSR count). The third-order valence-electron chi connectivity index (χ3n) is 1.81. The highest BCUT2D eigenvalue weighted by Gasteiger charge is 2.34. The number of fused-ring (bicyclic) bond motifs is 2. The van der Waals surface area contributed by atoms with E-state index in [1.165, 1.54) is 0 Å². The molecule has 2 bridgehead atoms. The van der Waals surface area contributed by atoms with E-state index in [0.29, 0.717) is 0 Å². The van der Waals surface area contributed by atoms with Crippen molar-refractivity contribution in [3.8, 4) is 0 Å². The summed E-state index contributed by atoms with van der Waals surface area (Å²) in [6, 6.07) is 0. The highest BCUT2D eigenvalue weighted by atomic mass is 16.5. The van der Waals surface area contributed by atoms with Crippen molar-refractivity contribution >= 4 is 0 Å². The van der Waals surface area contributed by atoms with Crippen LogP contribution in [0.2, 0.25) is 0 Å². The Kier molecular flexibility index (Phi) is 0.699. The average molecular weight is 120 g/mol. The van der Waals surface area contributed by atoms with Crippen molar-refractivity contribution in [2.45, 2.75) is 12.0 Å². The molecular weight excluding hydrogens is 112 g/mol. The van der Waals surface area contributed by atoms with Gasteiger partial charge in [-0.3, -0.25) is 0 Å². The van der Waals surface area contributed by atoms with Gasteiger partial charge in [0.25, 0.3) is 0 Å². The van der Waals surface area contributed by atoms with Crippen LogP contribution in [0.15, 0.2) is 36.6 Å². The largest absolute Gasteiger partial charge is 0.479 e. The lowest BCUT2D eigenvalue weighted by molar-refractivity contribution is 0.140. The van der Waals surface area contributed by atoms with E-state index in [2.05, 4.69) is 18.7 Å². The first-order chi connectivity index (χ1) is 4.35. The van der Waals surface area contributed by atoms with Crippen LogP contribution in [0, 0.1) is 0 Å². The van der Waals surface area contributed by atoms with Crippen molar-refractivity contribution in [1.82, 2.24) is 0 Å². The molecule has 0 amide bonds. The molecule has 1 unspecified atom stereocenters. The average Bonchev–Trinajstić information content (AvgIpc) is 2.46. The zero-order valence-corrected chi connectivity index (χ0v) is 5.13. The molecule has 0 fully saturated rings. The molecule has 0 radical (unpaired) electrons. The molecule has 0 spiro atoms. The zero-order valence-electron chi connectivity index (χ0n) is 5.13. The van der Waals surface area contributed by atoms with Crippen LogP contribution in [0.1, 0.15) is 6.42 Å². The number of hydrogen-bond acceptors (Lipinski definition) is 1. The second-order valence-corrected chi connectivity index (χ2v) is 2.41. The summed E-state index contributed by atoms with van der Waals surface area (Å²) in [6.45, 7) is 3.70. The fourth-order valence-corrected chi connectivity index (χ4v) is 1.18. The first-order valence-corrected chi connectivity index (χ1v) is 3.07.